The molecule has 4 nitrogen and oxygen atoms in total. The third-order valence-electron chi connectivity index (χ3n) is 2.18. The lowest BCUT2D eigenvalue weighted by atomic mass is 9.96. The predicted molar refractivity (Wildman–Crippen MR) is 48.0 cm³/mol. The first-order valence-electron chi connectivity index (χ1n) is 4.03. The number of benzene rings is 1. The summed E-state index contributed by atoms with van der Waals surface area (Å²) in [6.07, 6.45) is -0.898. The summed E-state index contributed by atoms with van der Waals surface area (Å²) < 4.78 is 0. The zero-order valence-corrected chi connectivity index (χ0v) is 6.90. The maximum absolute atomic E-state index is 11.2. The minimum Gasteiger partial charge on any atom is -0.386 e. The summed E-state index contributed by atoms with van der Waals surface area (Å²) in [5.74, 6) is -0.341. The molecule has 13 heavy (non-hydrogen) atoms. The van der Waals surface area contributed by atoms with Crippen molar-refractivity contribution in [1.82, 2.24) is 0 Å². The van der Waals surface area contributed by atoms with Crippen LogP contribution < -0.4 is 11.1 Å². The molecule has 0 bridgehead atoms. The van der Waals surface area contributed by atoms with E-state index in [1.165, 1.54) is 0 Å². The number of hydrogen-bond acceptors (Lipinski definition) is 3. The topological polar surface area (TPSA) is 75.4 Å². The molecule has 0 saturated carbocycles. The Balaban J connectivity index is 2.49. The highest BCUT2D eigenvalue weighted by atomic mass is 16.3. The van der Waals surface area contributed by atoms with Gasteiger partial charge in [0.2, 0.25) is 5.91 Å². The Hall–Kier alpha value is -1.39. The number of fused-ring (bicyclic) bond motifs is 1. The summed E-state index contributed by atoms with van der Waals surface area (Å²) in [5, 5.41) is 12.2. The highest BCUT2D eigenvalue weighted by Crippen LogP contribution is 2.28. The summed E-state index contributed by atoms with van der Waals surface area (Å²) in [6, 6.07) is 6.21. The molecule has 0 fully saturated rings. The van der Waals surface area contributed by atoms with Gasteiger partial charge in [0, 0.05) is 11.3 Å². The van der Waals surface area contributed by atoms with Gasteiger partial charge in [-0.2, -0.15) is 0 Å². The van der Waals surface area contributed by atoms with E-state index in [1.54, 1.807) is 24.3 Å². The van der Waals surface area contributed by atoms with E-state index in [2.05, 4.69) is 5.32 Å². The Morgan fingerprint density at radius 2 is 2.08 bits per heavy atom. The molecule has 4 heteroatoms. The van der Waals surface area contributed by atoms with Crippen LogP contribution in [0.2, 0.25) is 0 Å². The molecule has 1 amide bonds. The second-order valence-corrected chi connectivity index (χ2v) is 3.05. The molecule has 0 saturated heterocycles. The Bertz CT molecular complexity index is 351. The maximum atomic E-state index is 11.2. The molecule has 0 aromatic heterocycles. The first-order chi connectivity index (χ1) is 6.20. The van der Waals surface area contributed by atoms with Gasteiger partial charge in [-0.05, 0) is 6.07 Å². The molecule has 68 valence electrons. The lowest BCUT2D eigenvalue weighted by Gasteiger charge is -2.26. The summed E-state index contributed by atoms with van der Waals surface area (Å²) in [4.78, 5) is 11.2. The van der Waals surface area contributed by atoms with Crippen LogP contribution in [-0.2, 0) is 4.79 Å². The molecular formula is C9H10N2O2. The number of anilines is 1. The number of nitrogens with two attached hydrogens (primary N) is 1. The Kier molecular flexibility index (Phi) is 1.79. The van der Waals surface area contributed by atoms with Crippen LogP contribution in [-0.4, -0.2) is 17.1 Å². The molecule has 2 unspecified atom stereocenters. The molecular weight excluding hydrogens is 168 g/mol. The van der Waals surface area contributed by atoms with Crippen molar-refractivity contribution in [2.24, 2.45) is 5.73 Å². The van der Waals surface area contributed by atoms with Crippen molar-refractivity contribution >= 4 is 11.6 Å². The van der Waals surface area contributed by atoms with Crippen molar-refractivity contribution in [1.29, 1.82) is 0 Å². The van der Waals surface area contributed by atoms with Crippen LogP contribution in [0.25, 0.3) is 0 Å². The monoisotopic (exact) mass is 178 g/mol. The number of nitrogens with one attached hydrogen (secondary N) is 1. The Morgan fingerprint density at radius 3 is 2.85 bits per heavy atom. The molecule has 0 radical (unpaired) electrons. The van der Waals surface area contributed by atoms with Crippen LogP contribution in [0.15, 0.2) is 24.3 Å². The van der Waals surface area contributed by atoms with Crippen molar-refractivity contribution < 1.29 is 9.90 Å². The van der Waals surface area contributed by atoms with Crippen LogP contribution in [0.5, 0.6) is 0 Å². The molecule has 2 rings (SSSR count). The molecule has 4 N–H and O–H groups in total. The first kappa shape index (κ1) is 8.22. The smallest absolute Gasteiger partial charge is 0.244 e. The van der Waals surface area contributed by atoms with Crippen LogP contribution in [0.3, 0.4) is 0 Å². The maximum Gasteiger partial charge on any atom is 0.244 e. The van der Waals surface area contributed by atoms with Gasteiger partial charge >= 0.3 is 0 Å². The fourth-order valence-corrected chi connectivity index (χ4v) is 1.42. The molecule has 1 aromatic rings. The van der Waals surface area contributed by atoms with Crippen LogP contribution in [0.4, 0.5) is 5.69 Å². The molecule has 2 atom stereocenters. The van der Waals surface area contributed by atoms with Crippen LogP contribution in [0, 0.1) is 0 Å². The van der Waals surface area contributed by atoms with Crippen molar-refractivity contribution in [3.05, 3.63) is 29.8 Å². The third kappa shape index (κ3) is 1.20. The third-order valence-corrected chi connectivity index (χ3v) is 2.18. The Labute approximate surface area is 75.4 Å². The fourth-order valence-electron chi connectivity index (χ4n) is 1.42. The number of para-hydroxylation sites is 1. The minimum atomic E-state index is -0.898. The summed E-state index contributed by atoms with van der Waals surface area (Å²) in [5.41, 5.74) is 6.79. The van der Waals surface area contributed by atoms with E-state index >= 15 is 0 Å². The quantitative estimate of drug-likeness (QED) is 0.523. The normalized spacial score (nSPS) is 26.5. The summed E-state index contributed by atoms with van der Waals surface area (Å²) in [7, 11) is 0. The number of carbonyl (C=O) groups excluding carboxylic acids is 1. The van der Waals surface area contributed by atoms with Gasteiger partial charge < -0.3 is 16.2 Å². The van der Waals surface area contributed by atoms with E-state index in [0.717, 1.165) is 0 Å². The van der Waals surface area contributed by atoms with E-state index in [4.69, 9.17) is 5.73 Å². The zero-order chi connectivity index (χ0) is 9.42. The van der Waals surface area contributed by atoms with E-state index in [1.807, 2.05) is 0 Å². The van der Waals surface area contributed by atoms with Crippen LogP contribution in [0.1, 0.15) is 11.7 Å². The fraction of sp³-hybridized carbons (Fsp3) is 0.222. The lowest BCUT2D eigenvalue weighted by molar-refractivity contribution is -0.120. The predicted octanol–water partition coefficient (Wildman–Crippen LogP) is -0.000600. The second kappa shape index (κ2) is 2.83. The number of amides is 1. The SMILES string of the molecule is NC1C(=O)Nc2ccccc2C1O. The van der Waals surface area contributed by atoms with Crippen molar-refractivity contribution in [2.75, 3.05) is 5.32 Å². The number of aliphatic hydroxyl groups is 1. The highest BCUT2D eigenvalue weighted by molar-refractivity contribution is 5.98. The molecule has 1 heterocycles. The number of aliphatic hydroxyl groups excluding tert-OH is 1. The zero-order valence-electron chi connectivity index (χ0n) is 6.90. The van der Waals surface area contributed by atoms with Crippen molar-refractivity contribution in [3.63, 3.8) is 0 Å². The van der Waals surface area contributed by atoms with Gasteiger partial charge in [0.1, 0.15) is 12.1 Å². The van der Waals surface area contributed by atoms with Gasteiger partial charge in [-0.25, -0.2) is 0 Å². The average molecular weight is 178 g/mol. The molecule has 0 aliphatic carbocycles. The van der Waals surface area contributed by atoms with Gasteiger partial charge in [-0.1, -0.05) is 18.2 Å². The lowest BCUT2D eigenvalue weighted by Crippen LogP contribution is -2.44. The standard InChI is InChI=1S/C9H10N2O2/c10-7-8(12)5-3-1-2-4-6(5)11-9(7)13/h1-4,7-8,12H,10H2,(H,11,13). The van der Waals surface area contributed by atoms with E-state index in [9.17, 15) is 9.90 Å². The summed E-state index contributed by atoms with van der Waals surface area (Å²) in [6.45, 7) is 0. The largest absolute Gasteiger partial charge is 0.386 e. The summed E-state index contributed by atoms with van der Waals surface area (Å²) >= 11 is 0. The first-order valence-corrected chi connectivity index (χ1v) is 4.03. The number of carbonyl (C=O) groups is 1. The molecule has 1 aliphatic rings. The van der Waals surface area contributed by atoms with E-state index < -0.39 is 12.1 Å². The number of rotatable bonds is 0. The molecule has 0 spiro atoms. The highest BCUT2D eigenvalue weighted by Gasteiger charge is 2.30. The molecule has 1 aliphatic heterocycles. The van der Waals surface area contributed by atoms with E-state index in [-0.39, 0.29) is 5.91 Å². The van der Waals surface area contributed by atoms with Crippen molar-refractivity contribution in [3.8, 4) is 0 Å². The number of hydrogen-bond donors (Lipinski definition) is 3. The van der Waals surface area contributed by atoms with Crippen LogP contribution >= 0.6 is 0 Å². The van der Waals surface area contributed by atoms with Gasteiger partial charge in [0.25, 0.3) is 0 Å². The average Bonchev–Trinajstić information content (AvgIpc) is 2.15. The van der Waals surface area contributed by atoms with Gasteiger partial charge in [0.05, 0.1) is 0 Å². The molecule has 1 aromatic carbocycles. The minimum absolute atomic E-state index is 0.341. The van der Waals surface area contributed by atoms with Crippen molar-refractivity contribution in [2.45, 2.75) is 12.1 Å². The van der Waals surface area contributed by atoms with Gasteiger partial charge in [-0.3, -0.25) is 4.79 Å². The van der Waals surface area contributed by atoms with E-state index in [0.29, 0.717) is 11.3 Å². The Morgan fingerprint density at radius 1 is 1.38 bits per heavy atom. The van der Waals surface area contributed by atoms with Gasteiger partial charge in [0.15, 0.2) is 0 Å². The second-order valence-electron chi connectivity index (χ2n) is 3.05. The van der Waals surface area contributed by atoms with Gasteiger partial charge in [-0.15, -0.1) is 0 Å².